The number of nitrogens with one attached hydrogen (secondary N) is 1. The van der Waals surface area contributed by atoms with Crippen molar-refractivity contribution in [3.8, 4) is 0 Å². The van der Waals surface area contributed by atoms with E-state index < -0.39 is 5.97 Å². The maximum atomic E-state index is 10.8. The average molecular weight is 195 g/mol. The molecule has 0 aromatic carbocycles. The molecule has 2 atom stereocenters. The number of rotatable bonds is 1. The lowest BCUT2D eigenvalue weighted by Gasteiger charge is -2.22. The first-order valence-corrected chi connectivity index (χ1v) is 5.49. The molecule has 1 saturated carbocycles. The highest BCUT2D eigenvalue weighted by Gasteiger charge is 2.29. The van der Waals surface area contributed by atoms with Crippen LogP contribution in [0.2, 0.25) is 0 Å². The van der Waals surface area contributed by atoms with Crippen LogP contribution in [-0.2, 0) is 4.79 Å². The summed E-state index contributed by atoms with van der Waals surface area (Å²) < 4.78 is 0. The van der Waals surface area contributed by atoms with Gasteiger partial charge in [-0.25, -0.2) is 4.79 Å². The Labute approximate surface area is 84.2 Å². The third-order valence-electron chi connectivity index (χ3n) is 3.27. The first-order chi connectivity index (χ1) is 6.77. The summed E-state index contributed by atoms with van der Waals surface area (Å²) in [6.07, 6.45) is 9.26. The molecule has 3 nitrogen and oxygen atoms in total. The van der Waals surface area contributed by atoms with Crippen molar-refractivity contribution >= 4 is 5.97 Å². The van der Waals surface area contributed by atoms with Gasteiger partial charge in [-0.3, -0.25) is 0 Å². The fraction of sp³-hybridized carbons (Fsp3) is 0.727. The van der Waals surface area contributed by atoms with E-state index in [1.54, 1.807) is 0 Å². The molecule has 1 aliphatic carbocycles. The van der Waals surface area contributed by atoms with E-state index in [0.717, 1.165) is 12.8 Å². The molecule has 0 aromatic heterocycles. The van der Waals surface area contributed by atoms with Gasteiger partial charge in [0.2, 0.25) is 0 Å². The molecule has 0 aromatic rings. The average Bonchev–Trinajstić information content (AvgIpc) is 2.48. The van der Waals surface area contributed by atoms with Gasteiger partial charge in [0.1, 0.15) is 5.70 Å². The molecule has 14 heavy (non-hydrogen) atoms. The van der Waals surface area contributed by atoms with Gasteiger partial charge in [0.05, 0.1) is 0 Å². The molecule has 2 aliphatic rings. The fourth-order valence-corrected chi connectivity index (χ4v) is 2.49. The van der Waals surface area contributed by atoms with Crippen LogP contribution >= 0.6 is 0 Å². The molecule has 0 radical (unpaired) electrons. The van der Waals surface area contributed by atoms with Crippen LogP contribution in [0.25, 0.3) is 0 Å². The number of hydrogen-bond donors (Lipinski definition) is 2. The molecule has 0 spiro atoms. The van der Waals surface area contributed by atoms with Gasteiger partial charge in [0, 0.05) is 6.04 Å². The predicted molar refractivity (Wildman–Crippen MR) is 53.8 cm³/mol. The monoisotopic (exact) mass is 195 g/mol. The van der Waals surface area contributed by atoms with E-state index in [1.807, 2.05) is 6.08 Å². The number of hydrogen-bond acceptors (Lipinski definition) is 2. The standard InChI is InChI=1S/C11H17NO2/c13-11(14)10-7-8-5-3-1-2-4-6-9(8)12-10/h7-9,12H,1-6H2,(H,13,14). The maximum Gasteiger partial charge on any atom is 0.351 e. The quantitative estimate of drug-likeness (QED) is 0.671. The van der Waals surface area contributed by atoms with Crippen LogP contribution in [0.3, 0.4) is 0 Å². The smallest absolute Gasteiger partial charge is 0.351 e. The molecule has 2 rings (SSSR count). The minimum absolute atomic E-state index is 0.390. The van der Waals surface area contributed by atoms with Crippen LogP contribution in [0.4, 0.5) is 0 Å². The van der Waals surface area contributed by atoms with Crippen molar-refractivity contribution in [1.82, 2.24) is 5.32 Å². The minimum atomic E-state index is -0.809. The summed E-state index contributed by atoms with van der Waals surface area (Å²) in [5.41, 5.74) is 0.418. The normalized spacial score (nSPS) is 32.1. The van der Waals surface area contributed by atoms with Gasteiger partial charge < -0.3 is 10.4 Å². The highest BCUT2D eigenvalue weighted by atomic mass is 16.4. The zero-order valence-corrected chi connectivity index (χ0v) is 8.33. The molecule has 3 heteroatoms. The Bertz CT molecular complexity index is 260. The predicted octanol–water partition coefficient (Wildman–Crippen LogP) is 1.90. The van der Waals surface area contributed by atoms with Crippen molar-refractivity contribution in [2.75, 3.05) is 0 Å². The highest BCUT2D eigenvalue weighted by molar-refractivity contribution is 5.86. The lowest BCUT2D eigenvalue weighted by atomic mass is 9.89. The summed E-state index contributed by atoms with van der Waals surface area (Å²) in [6.45, 7) is 0. The Hall–Kier alpha value is -0.990. The molecule has 2 N–H and O–H groups in total. The molecule has 0 bridgehead atoms. The molecule has 2 unspecified atom stereocenters. The first kappa shape index (κ1) is 9.56. The van der Waals surface area contributed by atoms with Crippen molar-refractivity contribution in [2.24, 2.45) is 5.92 Å². The summed E-state index contributed by atoms with van der Waals surface area (Å²) in [4.78, 5) is 10.8. The summed E-state index contributed by atoms with van der Waals surface area (Å²) >= 11 is 0. The van der Waals surface area contributed by atoms with Crippen LogP contribution < -0.4 is 5.32 Å². The Morgan fingerprint density at radius 2 is 2.00 bits per heavy atom. The van der Waals surface area contributed by atoms with Gasteiger partial charge in [-0.2, -0.15) is 0 Å². The van der Waals surface area contributed by atoms with E-state index in [-0.39, 0.29) is 0 Å². The molecule has 1 heterocycles. The van der Waals surface area contributed by atoms with E-state index in [4.69, 9.17) is 5.11 Å². The second-order valence-corrected chi connectivity index (χ2v) is 4.29. The third kappa shape index (κ3) is 1.91. The first-order valence-electron chi connectivity index (χ1n) is 5.49. The second kappa shape index (κ2) is 4.03. The van der Waals surface area contributed by atoms with Crippen LogP contribution in [0.5, 0.6) is 0 Å². The van der Waals surface area contributed by atoms with Gasteiger partial charge in [0.15, 0.2) is 0 Å². The van der Waals surface area contributed by atoms with E-state index in [2.05, 4.69) is 5.32 Å². The van der Waals surface area contributed by atoms with Gasteiger partial charge in [-0.05, 0) is 24.8 Å². The van der Waals surface area contributed by atoms with E-state index in [9.17, 15) is 4.79 Å². The van der Waals surface area contributed by atoms with E-state index >= 15 is 0 Å². The van der Waals surface area contributed by atoms with Gasteiger partial charge in [-0.1, -0.05) is 25.7 Å². The molecular formula is C11H17NO2. The van der Waals surface area contributed by atoms with Crippen LogP contribution in [0, 0.1) is 5.92 Å². The van der Waals surface area contributed by atoms with Gasteiger partial charge in [-0.15, -0.1) is 0 Å². The van der Waals surface area contributed by atoms with Crippen molar-refractivity contribution in [2.45, 2.75) is 44.6 Å². The fourth-order valence-electron chi connectivity index (χ4n) is 2.49. The number of carboxylic acid groups (broad SMARTS) is 1. The van der Waals surface area contributed by atoms with Gasteiger partial charge in [0.25, 0.3) is 0 Å². The Kier molecular flexibility index (Phi) is 2.75. The van der Waals surface area contributed by atoms with Crippen LogP contribution in [0.1, 0.15) is 38.5 Å². The van der Waals surface area contributed by atoms with E-state index in [1.165, 1.54) is 25.7 Å². The molecule has 0 saturated heterocycles. The van der Waals surface area contributed by atoms with Crippen molar-refractivity contribution in [3.63, 3.8) is 0 Å². The zero-order chi connectivity index (χ0) is 9.97. The summed E-state index contributed by atoms with van der Waals surface area (Å²) in [7, 11) is 0. The lowest BCUT2D eigenvalue weighted by molar-refractivity contribution is -0.133. The SMILES string of the molecule is O=C(O)C1=CC2CCCCCCC2N1. The molecule has 78 valence electrons. The third-order valence-corrected chi connectivity index (χ3v) is 3.27. The zero-order valence-electron chi connectivity index (χ0n) is 8.33. The van der Waals surface area contributed by atoms with Crippen molar-refractivity contribution in [3.05, 3.63) is 11.8 Å². The van der Waals surface area contributed by atoms with E-state index in [0.29, 0.717) is 17.7 Å². The Morgan fingerprint density at radius 3 is 2.71 bits per heavy atom. The Morgan fingerprint density at radius 1 is 1.29 bits per heavy atom. The van der Waals surface area contributed by atoms with Crippen molar-refractivity contribution in [1.29, 1.82) is 0 Å². The highest BCUT2D eigenvalue weighted by Crippen LogP contribution is 2.29. The van der Waals surface area contributed by atoms with Gasteiger partial charge >= 0.3 is 5.97 Å². The molecule has 0 amide bonds. The number of fused-ring (bicyclic) bond motifs is 1. The summed E-state index contributed by atoms with van der Waals surface area (Å²) in [5, 5.41) is 12.0. The molecular weight excluding hydrogens is 178 g/mol. The number of carboxylic acids is 1. The van der Waals surface area contributed by atoms with Crippen molar-refractivity contribution < 1.29 is 9.90 Å². The largest absolute Gasteiger partial charge is 0.477 e. The number of carbonyl (C=O) groups is 1. The molecule has 1 aliphatic heterocycles. The van der Waals surface area contributed by atoms with Crippen LogP contribution in [0.15, 0.2) is 11.8 Å². The molecule has 1 fully saturated rings. The topological polar surface area (TPSA) is 49.3 Å². The Balaban J connectivity index is 2.03. The second-order valence-electron chi connectivity index (χ2n) is 4.29. The summed E-state index contributed by atoms with van der Waals surface area (Å²) in [5.74, 6) is -0.349. The lowest BCUT2D eigenvalue weighted by Crippen LogP contribution is -2.31. The van der Waals surface area contributed by atoms with Crippen LogP contribution in [-0.4, -0.2) is 17.1 Å². The summed E-state index contributed by atoms with van der Waals surface area (Å²) in [6, 6.07) is 0.390. The number of aliphatic carboxylic acids is 1. The minimum Gasteiger partial charge on any atom is -0.477 e. The maximum absolute atomic E-state index is 10.8.